The molecule has 0 unspecified atom stereocenters. The monoisotopic (exact) mass is 445 g/mol. The predicted octanol–water partition coefficient (Wildman–Crippen LogP) is 4.46. The quantitative estimate of drug-likeness (QED) is 0.453. The number of nitrogens with zero attached hydrogens (tertiary/aromatic N) is 5. The lowest BCUT2D eigenvalue weighted by Gasteiger charge is -2.32. The van der Waals surface area contributed by atoms with E-state index in [2.05, 4.69) is 15.2 Å². The van der Waals surface area contributed by atoms with Crippen LogP contribution >= 0.6 is 0 Å². The Labute approximate surface area is 190 Å². The minimum absolute atomic E-state index is 0.0167. The lowest BCUT2D eigenvalue weighted by molar-refractivity contribution is 0.0667. The Balaban J connectivity index is 1.28. The molecule has 2 aromatic heterocycles. The SMILES string of the molecule is Cc1c(C(=O)N2CCC[C@H](Cc3nc(-c4ccccc4F)no3)C2)cnn1-c1ccccc1. The Bertz CT molecular complexity index is 1270. The topological polar surface area (TPSA) is 77.1 Å². The fourth-order valence-corrected chi connectivity index (χ4v) is 4.37. The van der Waals surface area contributed by atoms with Gasteiger partial charge in [-0.3, -0.25) is 4.79 Å². The van der Waals surface area contributed by atoms with Crippen molar-refractivity contribution in [2.24, 2.45) is 5.92 Å². The predicted molar refractivity (Wildman–Crippen MR) is 120 cm³/mol. The van der Waals surface area contributed by atoms with E-state index in [-0.39, 0.29) is 23.5 Å². The van der Waals surface area contributed by atoms with Gasteiger partial charge in [0.2, 0.25) is 11.7 Å². The van der Waals surface area contributed by atoms with Crippen molar-refractivity contribution in [1.29, 1.82) is 0 Å². The van der Waals surface area contributed by atoms with Gasteiger partial charge in [0.1, 0.15) is 5.82 Å². The second kappa shape index (κ2) is 8.97. The first-order valence-corrected chi connectivity index (χ1v) is 11.1. The molecule has 0 N–H and O–H groups in total. The highest BCUT2D eigenvalue weighted by atomic mass is 19.1. The molecule has 1 saturated heterocycles. The van der Waals surface area contributed by atoms with Crippen molar-refractivity contribution in [3.8, 4) is 17.1 Å². The van der Waals surface area contributed by atoms with E-state index in [1.54, 1.807) is 29.1 Å². The van der Waals surface area contributed by atoms with Crippen LogP contribution in [0.5, 0.6) is 0 Å². The first-order chi connectivity index (χ1) is 16.1. The zero-order valence-corrected chi connectivity index (χ0v) is 18.3. The van der Waals surface area contributed by atoms with E-state index < -0.39 is 0 Å². The molecule has 3 heterocycles. The lowest BCUT2D eigenvalue weighted by Crippen LogP contribution is -2.40. The number of likely N-dealkylation sites (tertiary alicyclic amines) is 1. The third-order valence-corrected chi connectivity index (χ3v) is 6.09. The Morgan fingerprint density at radius 2 is 1.94 bits per heavy atom. The van der Waals surface area contributed by atoms with Crippen molar-refractivity contribution in [2.75, 3.05) is 13.1 Å². The van der Waals surface area contributed by atoms with Gasteiger partial charge in [0.15, 0.2) is 0 Å². The number of carbonyl (C=O) groups excluding carboxylic acids is 1. The van der Waals surface area contributed by atoms with Crippen molar-refractivity contribution in [2.45, 2.75) is 26.2 Å². The number of amides is 1. The maximum atomic E-state index is 14.0. The molecular formula is C25H24FN5O2. The normalized spacial score (nSPS) is 16.2. The third kappa shape index (κ3) is 4.28. The van der Waals surface area contributed by atoms with Crippen molar-refractivity contribution in [3.05, 3.63) is 83.8 Å². The van der Waals surface area contributed by atoms with Gasteiger partial charge in [-0.2, -0.15) is 10.1 Å². The first kappa shape index (κ1) is 21.1. The summed E-state index contributed by atoms with van der Waals surface area (Å²) in [7, 11) is 0. The Kier molecular flexibility index (Phi) is 5.73. The van der Waals surface area contributed by atoms with Crippen LogP contribution in [0.25, 0.3) is 17.1 Å². The number of piperidine rings is 1. The number of carbonyl (C=O) groups is 1. The molecule has 1 fully saturated rings. The second-order valence-electron chi connectivity index (χ2n) is 8.35. The molecule has 8 heteroatoms. The van der Waals surface area contributed by atoms with Gasteiger partial charge in [-0.05, 0) is 49.9 Å². The number of hydrogen-bond acceptors (Lipinski definition) is 5. The fraction of sp³-hybridized carbons (Fsp3) is 0.280. The molecule has 1 aliphatic rings. The van der Waals surface area contributed by atoms with Gasteiger partial charge in [0, 0.05) is 19.5 Å². The van der Waals surface area contributed by atoms with Crippen molar-refractivity contribution < 1.29 is 13.7 Å². The number of hydrogen-bond donors (Lipinski definition) is 0. The maximum Gasteiger partial charge on any atom is 0.257 e. The van der Waals surface area contributed by atoms with Crippen LogP contribution in [0.2, 0.25) is 0 Å². The van der Waals surface area contributed by atoms with Crippen LogP contribution < -0.4 is 0 Å². The zero-order chi connectivity index (χ0) is 22.8. The van der Waals surface area contributed by atoms with Crippen LogP contribution in [0.15, 0.2) is 65.3 Å². The Morgan fingerprint density at radius 1 is 1.15 bits per heavy atom. The minimum Gasteiger partial charge on any atom is -0.339 e. The molecule has 1 amide bonds. The largest absolute Gasteiger partial charge is 0.339 e. The van der Waals surface area contributed by atoms with E-state index in [1.807, 2.05) is 42.2 Å². The molecule has 0 bridgehead atoms. The van der Waals surface area contributed by atoms with Crippen LogP contribution in [-0.4, -0.2) is 43.8 Å². The molecule has 7 nitrogen and oxygen atoms in total. The standard InChI is InChI=1S/C25H24FN5O2/c1-17-21(15-27-31(17)19-9-3-2-4-10-19)25(32)30-13-7-8-18(16-30)14-23-28-24(29-33-23)20-11-5-6-12-22(20)26/h2-6,9-12,15,18H,7-8,13-14,16H2,1H3/t18-/m1/s1. The summed E-state index contributed by atoms with van der Waals surface area (Å²) in [6, 6.07) is 16.1. The third-order valence-electron chi connectivity index (χ3n) is 6.09. The highest BCUT2D eigenvalue weighted by Gasteiger charge is 2.28. The molecule has 0 aliphatic carbocycles. The summed E-state index contributed by atoms with van der Waals surface area (Å²) in [6.45, 7) is 3.22. The molecule has 1 atom stereocenters. The van der Waals surface area contributed by atoms with Gasteiger partial charge < -0.3 is 9.42 Å². The molecule has 4 aromatic rings. The van der Waals surface area contributed by atoms with Gasteiger partial charge >= 0.3 is 0 Å². The van der Waals surface area contributed by atoms with Gasteiger partial charge in [-0.1, -0.05) is 35.5 Å². The van der Waals surface area contributed by atoms with Crippen LogP contribution in [-0.2, 0) is 6.42 Å². The van der Waals surface area contributed by atoms with Gasteiger partial charge in [-0.15, -0.1) is 0 Å². The Hall–Kier alpha value is -3.81. The van der Waals surface area contributed by atoms with E-state index in [4.69, 9.17) is 4.52 Å². The molecule has 0 radical (unpaired) electrons. The molecule has 2 aromatic carbocycles. The van der Waals surface area contributed by atoms with E-state index in [9.17, 15) is 9.18 Å². The van der Waals surface area contributed by atoms with Crippen molar-refractivity contribution in [3.63, 3.8) is 0 Å². The first-order valence-electron chi connectivity index (χ1n) is 11.1. The molecule has 0 saturated carbocycles. The van der Waals surface area contributed by atoms with E-state index >= 15 is 0 Å². The number of rotatable bonds is 5. The summed E-state index contributed by atoms with van der Waals surface area (Å²) in [5, 5.41) is 8.37. The molecule has 0 spiro atoms. The fourth-order valence-electron chi connectivity index (χ4n) is 4.37. The number of para-hydroxylation sites is 1. The summed E-state index contributed by atoms with van der Waals surface area (Å²) >= 11 is 0. The average Bonchev–Trinajstić information content (AvgIpc) is 3.46. The van der Waals surface area contributed by atoms with Crippen molar-refractivity contribution in [1.82, 2.24) is 24.8 Å². The number of aromatic nitrogens is 4. The number of halogens is 1. The molecule has 168 valence electrons. The summed E-state index contributed by atoms with van der Waals surface area (Å²) in [4.78, 5) is 19.5. The van der Waals surface area contributed by atoms with E-state index in [1.165, 1.54) is 6.07 Å². The highest BCUT2D eigenvalue weighted by molar-refractivity contribution is 5.95. The smallest absolute Gasteiger partial charge is 0.257 e. The van der Waals surface area contributed by atoms with Gasteiger partial charge in [0.05, 0.1) is 28.7 Å². The highest BCUT2D eigenvalue weighted by Crippen LogP contribution is 2.25. The maximum absolute atomic E-state index is 14.0. The molecule has 33 heavy (non-hydrogen) atoms. The van der Waals surface area contributed by atoms with E-state index in [0.29, 0.717) is 36.5 Å². The minimum atomic E-state index is -0.384. The van der Waals surface area contributed by atoms with Gasteiger partial charge in [0.25, 0.3) is 5.91 Å². The van der Waals surface area contributed by atoms with E-state index in [0.717, 1.165) is 24.2 Å². The summed E-state index contributed by atoms with van der Waals surface area (Å²) in [5.41, 5.74) is 2.67. The van der Waals surface area contributed by atoms with Crippen LogP contribution in [0.4, 0.5) is 4.39 Å². The summed E-state index contributed by atoms with van der Waals surface area (Å²) in [6.07, 6.45) is 4.06. The average molecular weight is 445 g/mol. The van der Waals surface area contributed by atoms with Crippen molar-refractivity contribution >= 4 is 5.91 Å². The lowest BCUT2D eigenvalue weighted by atomic mass is 9.94. The molecular weight excluding hydrogens is 421 g/mol. The number of benzene rings is 2. The summed E-state index contributed by atoms with van der Waals surface area (Å²) in [5.74, 6) is 0.500. The molecule has 5 rings (SSSR count). The summed E-state index contributed by atoms with van der Waals surface area (Å²) < 4.78 is 21.2. The van der Waals surface area contributed by atoms with Crippen LogP contribution in [0, 0.1) is 18.7 Å². The van der Waals surface area contributed by atoms with Gasteiger partial charge in [-0.25, -0.2) is 9.07 Å². The van der Waals surface area contributed by atoms with Crippen LogP contribution in [0.3, 0.4) is 0 Å². The zero-order valence-electron chi connectivity index (χ0n) is 18.3. The van der Waals surface area contributed by atoms with Crippen LogP contribution in [0.1, 0.15) is 34.8 Å². The Morgan fingerprint density at radius 3 is 2.76 bits per heavy atom. The molecule has 1 aliphatic heterocycles. The second-order valence-corrected chi connectivity index (χ2v) is 8.35.